The van der Waals surface area contributed by atoms with E-state index in [4.69, 9.17) is 0 Å². The van der Waals surface area contributed by atoms with Gasteiger partial charge in [-0.15, -0.1) is 0 Å². The number of benzene rings is 1. The molecule has 0 amide bonds. The molecule has 3 nitrogen and oxygen atoms in total. The Morgan fingerprint density at radius 3 is 1.23 bits per heavy atom. The molecule has 0 unspecified atom stereocenters. The SMILES string of the molecule is CCCCCCCCCCCCCCCc1ccc(S(=O)(=O)O)cc1CCCCCCCCCC. The molecule has 0 saturated heterocycles. The second-order valence-corrected chi connectivity index (χ2v) is 12.0. The number of hydrogen-bond donors (Lipinski definition) is 1. The number of aryl methyl sites for hydroxylation is 2. The molecule has 0 atom stereocenters. The van der Waals surface area contributed by atoms with Gasteiger partial charge < -0.3 is 0 Å². The summed E-state index contributed by atoms with van der Waals surface area (Å²) in [7, 11) is -4.14. The van der Waals surface area contributed by atoms with E-state index in [2.05, 4.69) is 13.8 Å². The molecule has 0 heterocycles. The molecule has 204 valence electrons. The van der Waals surface area contributed by atoms with Crippen molar-refractivity contribution in [1.29, 1.82) is 0 Å². The van der Waals surface area contributed by atoms with Crippen LogP contribution in [0.25, 0.3) is 0 Å². The summed E-state index contributed by atoms with van der Waals surface area (Å²) in [6.07, 6.45) is 29.6. The summed E-state index contributed by atoms with van der Waals surface area (Å²) >= 11 is 0. The quantitative estimate of drug-likeness (QED) is 0.112. The van der Waals surface area contributed by atoms with Crippen molar-refractivity contribution in [2.45, 2.75) is 166 Å². The third kappa shape index (κ3) is 17.3. The van der Waals surface area contributed by atoms with Crippen molar-refractivity contribution in [3.8, 4) is 0 Å². The van der Waals surface area contributed by atoms with Gasteiger partial charge in [-0.2, -0.15) is 8.42 Å². The van der Waals surface area contributed by atoms with Crippen LogP contribution in [0, 0.1) is 0 Å². The lowest BCUT2D eigenvalue weighted by molar-refractivity contribution is 0.483. The average Bonchev–Trinajstić information content (AvgIpc) is 2.83. The summed E-state index contributed by atoms with van der Waals surface area (Å²) in [5.41, 5.74) is 2.38. The number of unbranched alkanes of at least 4 members (excludes halogenated alkanes) is 19. The van der Waals surface area contributed by atoms with Gasteiger partial charge in [-0.1, -0.05) is 142 Å². The standard InChI is InChI=1S/C31H56O3S/c1-3-5-7-9-11-13-14-15-16-17-19-20-22-24-29-26-27-31(35(32,33)34)28-30(29)25-23-21-18-12-10-8-6-4-2/h26-28H,3-25H2,1-2H3,(H,32,33,34). The van der Waals surface area contributed by atoms with Crippen LogP contribution >= 0.6 is 0 Å². The molecule has 1 N–H and O–H groups in total. The second-order valence-electron chi connectivity index (χ2n) is 10.6. The molecule has 1 aromatic rings. The van der Waals surface area contributed by atoms with Gasteiger partial charge in [-0.25, -0.2) is 0 Å². The van der Waals surface area contributed by atoms with Gasteiger partial charge >= 0.3 is 0 Å². The first-order valence-electron chi connectivity index (χ1n) is 15.1. The minimum Gasteiger partial charge on any atom is -0.282 e. The molecule has 0 fully saturated rings. The van der Waals surface area contributed by atoms with Crippen LogP contribution in [0.15, 0.2) is 23.1 Å². The van der Waals surface area contributed by atoms with Crippen LogP contribution in [-0.2, 0) is 23.0 Å². The molecule has 0 aliphatic carbocycles. The minimum atomic E-state index is -4.14. The zero-order valence-corrected chi connectivity index (χ0v) is 24.0. The largest absolute Gasteiger partial charge is 0.294 e. The van der Waals surface area contributed by atoms with E-state index >= 15 is 0 Å². The summed E-state index contributed by atoms with van der Waals surface area (Å²) in [5.74, 6) is 0. The highest BCUT2D eigenvalue weighted by Crippen LogP contribution is 2.22. The molecule has 0 aliphatic heterocycles. The molecule has 0 saturated carbocycles. The van der Waals surface area contributed by atoms with Gasteiger partial charge in [0.05, 0.1) is 4.90 Å². The predicted octanol–water partition coefficient (Wildman–Crippen LogP) is 10.3. The lowest BCUT2D eigenvalue weighted by Gasteiger charge is -2.12. The molecule has 1 rings (SSSR count). The van der Waals surface area contributed by atoms with Crippen LogP contribution in [0.3, 0.4) is 0 Å². The van der Waals surface area contributed by atoms with E-state index in [0.29, 0.717) is 0 Å². The fraction of sp³-hybridized carbons (Fsp3) is 0.806. The Morgan fingerprint density at radius 1 is 0.514 bits per heavy atom. The molecule has 4 heteroatoms. The number of rotatable bonds is 24. The Kier molecular flexibility index (Phi) is 19.5. The molecule has 1 aromatic carbocycles. The zero-order chi connectivity index (χ0) is 25.6. The number of hydrogen-bond acceptors (Lipinski definition) is 2. The Hall–Kier alpha value is -0.870. The summed E-state index contributed by atoms with van der Waals surface area (Å²) in [6, 6.07) is 5.22. The second kappa shape index (κ2) is 21.2. The Morgan fingerprint density at radius 2 is 0.857 bits per heavy atom. The highest BCUT2D eigenvalue weighted by molar-refractivity contribution is 7.85. The van der Waals surface area contributed by atoms with Crippen molar-refractivity contribution in [3.05, 3.63) is 29.3 Å². The van der Waals surface area contributed by atoms with Crippen LogP contribution in [0.2, 0.25) is 0 Å². The maximum Gasteiger partial charge on any atom is 0.294 e. The van der Waals surface area contributed by atoms with Crippen molar-refractivity contribution >= 4 is 10.1 Å². The van der Waals surface area contributed by atoms with Gasteiger partial charge in [0.2, 0.25) is 0 Å². The molecular formula is C31H56O3S. The van der Waals surface area contributed by atoms with Crippen LogP contribution in [-0.4, -0.2) is 13.0 Å². The molecule has 0 aromatic heterocycles. The Balaban J connectivity index is 2.28. The highest BCUT2D eigenvalue weighted by atomic mass is 32.2. The van der Waals surface area contributed by atoms with Gasteiger partial charge in [-0.3, -0.25) is 4.55 Å². The van der Waals surface area contributed by atoms with Crippen LogP contribution < -0.4 is 0 Å². The summed E-state index contributed by atoms with van der Waals surface area (Å²) in [6.45, 7) is 4.52. The van der Waals surface area contributed by atoms with E-state index in [-0.39, 0.29) is 4.90 Å². The van der Waals surface area contributed by atoms with Crippen LogP contribution in [0.5, 0.6) is 0 Å². The van der Waals surface area contributed by atoms with Crippen molar-refractivity contribution in [1.82, 2.24) is 0 Å². The predicted molar refractivity (Wildman–Crippen MR) is 152 cm³/mol. The molecule has 0 spiro atoms. The molecule has 0 radical (unpaired) electrons. The first kappa shape index (κ1) is 32.2. The topological polar surface area (TPSA) is 54.4 Å². The van der Waals surface area contributed by atoms with Crippen molar-refractivity contribution < 1.29 is 13.0 Å². The Labute approximate surface area is 218 Å². The third-order valence-electron chi connectivity index (χ3n) is 7.32. The van der Waals surface area contributed by atoms with Crippen LogP contribution in [0.4, 0.5) is 0 Å². The normalized spacial score (nSPS) is 11.9. The van der Waals surface area contributed by atoms with E-state index in [1.54, 1.807) is 12.1 Å². The van der Waals surface area contributed by atoms with Crippen LogP contribution in [0.1, 0.15) is 160 Å². The maximum atomic E-state index is 11.6. The fourth-order valence-electron chi connectivity index (χ4n) is 5.02. The summed E-state index contributed by atoms with van der Waals surface area (Å²) < 4.78 is 32.8. The average molecular weight is 509 g/mol. The summed E-state index contributed by atoms with van der Waals surface area (Å²) in [4.78, 5) is 0.0428. The lowest BCUT2D eigenvalue weighted by Crippen LogP contribution is -2.02. The van der Waals surface area contributed by atoms with Crippen molar-refractivity contribution in [2.75, 3.05) is 0 Å². The maximum absolute atomic E-state index is 11.6. The summed E-state index contributed by atoms with van der Waals surface area (Å²) in [5, 5.41) is 0. The van der Waals surface area contributed by atoms with Gasteiger partial charge in [0.25, 0.3) is 10.1 Å². The van der Waals surface area contributed by atoms with Gasteiger partial charge in [0, 0.05) is 0 Å². The fourth-order valence-corrected chi connectivity index (χ4v) is 5.55. The highest BCUT2D eigenvalue weighted by Gasteiger charge is 2.13. The molecule has 0 aliphatic rings. The van der Waals surface area contributed by atoms with Gasteiger partial charge in [0.1, 0.15) is 0 Å². The van der Waals surface area contributed by atoms with Crippen molar-refractivity contribution in [3.63, 3.8) is 0 Å². The molecule has 0 bridgehead atoms. The van der Waals surface area contributed by atoms with E-state index in [9.17, 15) is 13.0 Å². The third-order valence-corrected chi connectivity index (χ3v) is 8.17. The minimum absolute atomic E-state index is 0.0428. The van der Waals surface area contributed by atoms with E-state index < -0.39 is 10.1 Å². The van der Waals surface area contributed by atoms with E-state index in [0.717, 1.165) is 31.2 Å². The first-order valence-corrected chi connectivity index (χ1v) is 16.5. The molecular weight excluding hydrogens is 452 g/mol. The Bertz CT molecular complexity index is 727. The van der Waals surface area contributed by atoms with E-state index in [1.807, 2.05) is 6.07 Å². The first-order chi connectivity index (χ1) is 17.0. The zero-order valence-electron chi connectivity index (χ0n) is 23.2. The van der Waals surface area contributed by atoms with Crippen molar-refractivity contribution in [2.24, 2.45) is 0 Å². The molecule has 35 heavy (non-hydrogen) atoms. The smallest absolute Gasteiger partial charge is 0.282 e. The van der Waals surface area contributed by atoms with Gasteiger partial charge in [0.15, 0.2) is 0 Å². The van der Waals surface area contributed by atoms with Gasteiger partial charge in [-0.05, 0) is 48.9 Å². The van der Waals surface area contributed by atoms with E-state index in [1.165, 1.54) is 128 Å². The monoisotopic (exact) mass is 508 g/mol. The lowest BCUT2D eigenvalue weighted by atomic mass is 9.96.